The van der Waals surface area contributed by atoms with Crippen molar-refractivity contribution >= 4 is 0 Å². The molecule has 0 aliphatic carbocycles. The number of nitrogens with two attached hydrogens (primary N) is 1. The van der Waals surface area contributed by atoms with E-state index in [1.165, 1.54) is 12.1 Å². The van der Waals surface area contributed by atoms with Gasteiger partial charge in [-0.3, -0.25) is 0 Å². The fourth-order valence-corrected chi connectivity index (χ4v) is 2.36. The first-order valence-electron chi connectivity index (χ1n) is 6.81. The zero-order chi connectivity index (χ0) is 14.5. The maximum atomic E-state index is 13.5. The van der Waals surface area contributed by atoms with Crippen molar-refractivity contribution in [3.8, 4) is 0 Å². The molecule has 0 aliphatic heterocycles. The van der Waals surface area contributed by atoms with Crippen molar-refractivity contribution in [2.45, 2.75) is 26.0 Å². The van der Waals surface area contributed by atoms with E-state index in [4.69, 9.17) is 10.5 Å². The SMILES string of the molecule is CCOC(c1ccccc1)C(N)c1cc(C)cc(F)c1. The van der Waals surface area contributed by atoms with Crippen LogP contribution in [0.4, 0.5) is 4.39 Å². The highest BCUT2D eigenvalue weighted by molar-refractivity contribution is 5.29. The van der Waals surface area contributed by atoms with Crippen LogP contribution in [0.15, 0.2) is 48.5 Å². The minimum Gasteiger partial charge on any atom is -0.372 e. The van der Waals surface area contributed by atoms with Crippen molar-refractivity contribution in [2.24, 2.45) is 5.73 Å². The van der Waals surface area contributed by atoms with Crippen LogP contribution in [0.25, 0.3) is 0 Å². The van der Waals surface area contributed by atoms with Crippen LogP contribution >= 0.6 is 0 Å². The molecule has 2 rings (SSSR count). The first kappa shape index (κ1) is 14.7. The summed E-state index contributed by atoms with van der Waals surface area (Å²) in [5.74, 6) is -0.265. The Labute approximate surface area is 119 Å². The van der Waals surface area contributed by atoms with Crippen LogP contribution in [0.1, 0.15) is 35.8 Å². The van der Waals surface area contributed by atoms with E-state index in [0.717, 1.165) is 16.7 Å². The van der Waals surface area contributed by atoms with Crippen molar-refractivity contribution in [2.75, 3.05) is 6.61 Å². The largest absolute Gasteiger partial charge is 0.372 e. The van der Waals surface area contributed by atoms with Gasteiger partial charge in [-0.1, -0.05) is 36.4 Å². The number of rotatable bonds is 5. The average molecular weight is 273 g/mol. The van der Waals surface area contributed by atoms with E-state index in [1.54, 1.807) is 0 Å². The normalized spacial score (nSPS) is 14.0. The smallest absolute Gasteiger partial charge is 0.123 e. The molecule has 0 aliphatic rings. The van der Waals surface area contributed by atoms with Crippen LogP contribution in [0.2, 0.25) is 0 Å². The van der Waals surface area contributed by atoms with Gasteiger partial charge in [0.25, 0.3) is 0 Å². The third-order valence-electron chi connectivity index (χ3n) is 3.25. The van der Waals surface area contributed by atoms with E-state index in [2.05, 4.69) is 0 Å². The van der Waals surface area contributed by atoms with Gasteiger partial charge in [0, 0.05) is 6.61 Å². The Morgan fingerprint density at radius 3 is 2.40 bits per heavy atom. The standard InChI is InChI=1S/C17H20FNO/c1-3-20-17(13-7-5-4-6-8-13)16(19)14-9-12(2)10-15(18)11-14/h4-11,16-17H,3,19H2,1-2H3. The highest BCUT2D eigenvalue weighted by atomic mass is 19.1. The average Bonchev–Trinajstić information content (AvgIpc) is 2.44. The van der Waals surface area contributed by atoms with E-state index >= 15 is 0 Å². The molecule has 0 heterocycles. The summed E-state index contributed by atoms with van der Waals surface area (Å²) in [5.41, 5.74) is 8.92. The Morgan fingerprint density at radius 2 is 1.80 bits per heavy atom. The fraction of sp³-hybridized carbons (Fsp3) is 0.294. The molecule has 2 N–H and O–H groups in total. The predicted octanol–water partition coefficient (Wildman–Crippen LogP) is 3.91. The Hall–Kier alpha value is -1.71. The molecule has 0 aromatic heterocycles. The van der Waals surface area contributed by atoms with Gasteiger partial charge in [0.05, 0.1) is 6.04 Å². The van der Waals surface area contributed by atoms with Gasteiger partial charge >= 0.3 is 0 Å². The summed E-state index contributed by atoms with van der Waals surface area (Å²) in [4.78, 5) is 0. The quantitative estimate of drug-likeness (QED) is 0.896. The Balaban J connectivity index is 2.33. The zero-order valence-electron chi connectivity index (χ0n) is 11.8. The molecule has 0 bridgehead atoms. The van der Waals surface area contributed by atoms with E-state index < -0.39 is 6.04 Å². The highest BCUT2D eigenvalue weighted by Crippen LogP contribution is 2.30. The van der Waals surface area contributed by atoms with E-state index in [-0.39, 0.29) is 11.9 Å². The monoisotopic (exact) mass is 273 g/mol. The molecule has 0 saturated heterocycles. The molecule has 2 nitrogen and oxygen atoms in total. The molecule has 106 valence electrons. The van der Waals surface area contributed by atoms with Crippen molar-refractivity contribution in [1.29, 1.82) is 0 Å². The van der Waals surface area contributed by atoms with E-state index in [1.807, 2.05) is 50.2 Å². The summed E-state index contributed by atoms with van der Waals surface area (Å²) in [5, 5.41) is 0. The summed E-state index contributed by atoms with van der Waals surface area (Å²) in [6.07, 6.45) is -0.276. The molecule has 3 heteroatoms. The van der Waals surface area contributed by atoms with Gasteiger partial charge < -0.3 is 10.5 Å². The minimum absolute atomic E-state index is 0.265. The minimum atomic E-state index is -0.397. The predicted molar refractivity (Wildman–Crippen MR) is 78.9 cm³/mol. The van der Waals surface area contributed by atoms with Crippen LogP contribution in [0.3, 0.4) is 0 Å². The van der Waals surface area contributed by atoms with Crippen LogP contribution in [0, 0.1) is 12.7 Å². The lowest BCUT2D eigenvalue weighted by Crippen LogP contribution is -2.22. The van der Waals surface area contributed by atoms with E-state index in [0.29, 0.717) is 6.61 Å². The van der Waals surface area contributed by atoms with Crippen LogP contribution < -0.4 is 5.73 Å². The lowest BCUT2D eigenvalue weighted by molar-refractivity contribution is 0.0428. The lowest BCUT2D eigenvalue weighted by atomic mass is 9.95. The van der Waals surface area contributed by atoms with Gasteiger partial charge in [-0.25, -0.2) is 4.39 Å². The number of ether oxygens (including phenoxy) is 1. The third-order valence-corrected chi connectivity index (χ3v) is 3.25. The molecule has 0 saturated carbocycles. The summed E-state index contributed by atoms with van der Waals surface area (Å²) in [7, 11) is 0. The third kappa shape index (κ3) is 3.44. The molecule has 0 radical (unpaired) electrons. The number of hydrogen-bond acceptors (Lipinski definition) is 2. The topological polar surface area (TPSA) is 35.2 Å². The van der Waals surface area contributed by atoms with Crippen molar-refractivity contribution in [1.82, 2.24) is 0 Å². The second-order valence-corrected chi connectivity index (χ2v) is 4.87. The number of halogens is 1. The van der Waals surface area contributed by atoms with Crippen LogP contribution in [-0.2, 0) is 4.74 Å². The number of benzene rings is 2. The molecule has 2 atom stereocenters. The lowest BCUT2D eigenvalue weighted by Gasteiger charge is -2.25. The molecule has 0 spiro atoms. The zero-order valence-corrected chi connectivity index (χ0v) is 11.8. The maximum absolute atomic E-state index is 13.5. The molecule has 0 amide bonds. The first-order chi connectivity index (χ1) is 9.61. The van der Waals surface area contributed by atoms with E-state index in [9.17, 15) is 4.39 Å². The summed E-state index contributed by atoms with van der Waals surface area (Å²) < 4.78 is 19.3. The summed E-state index contributed by atoms with van der Waals surface area (Å²) in [6, 6.07) is 14.3. The van der Waals surface area contributed by atoms with Gasteiger partial charge in [0.1, 0.15) is 11.9 Å². The van der Waals surface area contributed by atoms with Crippen LogP contribution in [-0.4, -0.2) is 6.61 Å². The number of hydrogen-bond donors (Lipinski definition) is 1. The molecule has 2 aromatic carbocycles. The summed E-state index contributed by atoms with van der Waals surface area (Å²) in [6.45, 7) is 4.35. The maximum Gasteiger partial charge on any atom is 0.123 e. The Morgan fingerprint density at radius 1 is 1.10 bits per heavy atom. The second-order valence-electron chi connectivity index (χ2n) is 4.87. The Bertz CT molecular complexity index is 536. The molecule has 2 aromatic rings. The Kier molecular flexibility index (Phi) is 4.88. The molecule has 2 unspecified atom stereocenters. The van der Waals surface area contributed by atoms with Crippen molar-refractivity contribution in [3.63, 3.8) is 0 Å². The van der Waals surface area contributed by atoms with Gasteiger partial charge in [-0.2, -0.15) is 0 Å². The van der Waals surface area contributed by atoms with Gasteiger partial charge in [-0.15, -0.1) is 0 Å². The molecule has 20 heavy (non-hydrogen) atoms. The molecule has 0 fully saturated rings. The van der Waals surface area contributed by atoms with Crippen LogP contribution in [0.5, 0.6) is 0 Å². The molecular formula is C17H20FNO. The summed E-state index contributed by atoms with van der Waals surface area (Å²) >= 11 is 0. The fourth-order valence-electron chi connectivity index (χ4n) is 2.36. The van der Waals surface area contributed by atoms with Gasteiger partial charge in [0.2, 0.25) is 0 Å². The van der Waals surface area contributed by atoms with Gasteiger partial charge in [0.15, 0.2) is 0 Å². The highest BCUT2D eigenvalue weighted by Gasteiger charge is 2.22. The van der Waals surface area contributed by atoms with Gasteiger partial charge in [-0.05, 0) is 42.7 Å². The first-order valence-corrected chi connectivity index (χ1v) is 6.81. The van der Waals surface area contributed by atoms with Crippen molar-refractivity contribution in [3.05, 3.63) is 71.0 Å². The van der Waals surface area contributed by atoms with Crippen molar-refractivity contribution < 1.29 is 9.13 Å². The number of aryl methyl sites for hydroxylation is 1. The molecular weight excluding hydrogens is 253 g/mol. The second kappa shape index (κ2) is 6.64.